The smallest absolute Gasteiger partial charge is 0.265 e. The van der Waals surface area contributed by atoms with Gasteiger partial charge in [-0.2, -0.15) is 0 Å². The molecule has 29 heavy (non-hydrogen) atoms. The number of sulfonamides is 1. The van der Waals surface area contributed by atoms with E-state index >= 15 is 0 Å². The van der Waals surface area contributed by atoms with Crippen molar-refractivity contribution < 1.29 is 27.9 Å². The van der Waals surface area contributed by atoms with Crippen LogP contribution in [0.4, 0.5) is 0 Å². The van der Waals surface area contributed by atoms with Crippen LogP contribution in [-0.4, -0.2) is 53.9 Å². The number of hydrazine groups is 1. The SMILES string of the molecule is COc1ccc(S(=O)(=O)N(Cc2ccncc2)N(O)C(=O)C[C@H]2CCCO2)cc1. The van der Waals surface area contributed by atoms with E-state index in [1.165, 1.54) is 43.8 Å². The van der Waals surface area contributed by atoms with E-state index in [4.69, 9.17) is 9.47 Å². The van der Waals surface area contributed by atoms with Crippen LogP contribution < -0.4 is 4.74 Å². The van der Waals surface area contributed by atoms with Crippen molar-refractivity contribution in [3.05, 3.63) is 54.4 Å². The first-order valence-electron chi connectivity index (χ1n) is 9.11. The molecule has 2 aromatic rings. The fraction of sp³-hybridized carbons (Fsp3) is 0.368. The predicted octanol–water partition coefficient (Wildman–Crippen LogP) is 1.98. The average molecular weight is 421 g/mol. The Morgan fingerprint density at radius 2 is 1.93 bits per heavy atom. The Kier molecular flexibility index (Phi) is 6.80. The van der Waals surface area contributed by atoms with Crippen molar-refractivity contribution in [1.29, 1.82) is 0 Å². The third-order valence-corrected chi connectivity index (χ3v) is 6.27. The molecule has 1 aromatic heterocycles. The van der Waals surface area contributed by atoms with Crippen molar-refractivity contribution in [2.45, 2.75) is 36.8 Å². The maximum absolute atomic E-state index is 13.2. The summed E-state index contributed by atoms with van der Waals surface area (Å²) in [5, 5.41) is 10.7. The van der Waals surface area contributed by atoms with Crippen molar-refractivity contribution in [3.8, 4) is 5.75 Å². The highest BCUT2D eigenvalue weighted by Gasteiger charge is 2.34. The van der Waals surface area contributed by atoms with E-state index in [2.05, 4.69) is 4.98 Å². The quantitative estimate of drug-likeness (QED) is 0.513. The summed E-state index contributed by atoms with van der Waals surface area (Å²) in [5.74, 6) is -0.275. The summed E-state index contributed by atoms with van der Waals surface area (Å²) in [6.45, 7) is 0.304. The molecule has 1 amide bonds. The highest BCUT2D eigenvalue weighted by Crippen LogP contribution is 2.24. The number of carbonyl (C=O) groups excluding carboxylic acids is 1. The van der Waals surface area contributed by atoms with Gasteiger partial charge in [0.05, 0.1) is 31.1 Å². The van der Waals surface area contributed by atoms with Gasteiger partial charge in [0.1, 0.15) is 5.75 Å². The Balaban J connectivity index is 1.89. The number of aromatic nitrogens is 1. The second-order valence-electron chi connectivity index (χ2n) is 6.54. The number of hydroxylamine groups is 1. The standard InChI is InChI=1S/C19H23N3O6S/c1-27-16-4-6-18(7-5-16)29(25,26)21(14-15-8-10-20-11-9-15)22(24)19(23)13-17-3-2-12-28-17/h4-11,17,24H,2-3,12-14H2,1H3/t17-/m1/s1. The molecule has 0 spiro atoms. The zero-order valence-electron chi connectivity index (χ0n) is 16.0. The molecular formula is C19H23N3O6S. The summed E-state index contributed by atoms with van der Waals surface area (Å²) in [4.78, 5) is 16.4. The van der Waals surface area contributed by atoms with Gasteiger partial charge < -0.3 is 9.47 Å². The molecule has 1 aliphatic heterocycles. The molecule has 1 atom stereocenters. The van der Waals surface area contributed by atoms with E-state index < -0.39 is 15.9 Å². The summed E-state index contributed by atoms with van der Waals surface area (Å²) in [7, 11) is -2.76. The molecule has 1 aromatic carbocycles. The second-order valence-corrected chi connectivity index (χ2v) is 8.38. The molecule has 3 rings (SSSR count). The predicted molar refractivity (Wildman–Crippen MR) is 102 cm³/mol. The molecule has 1 saturated heterocycles. The summed E-state index contributed by atoms with van der Waals surface area (Å²) in [5.41, 5.74) is 0.557. The molecule has 2 heterocycles. The number of ether oxygens (including phenoxy) is 2. The normalized spacial score (nSPS) is 16.7. The minimum absolute atomic E-state index is 0.0867. The third kappa shape index (κ3) is 5.10. The summed E-state index contributed by atoms with van der Waals surface area (Å²) < 4.78 is 37.5. The van der Waals surface area contributed by atoms with Crippen LogP contribution in [0.15, 0.2) is 53.7 Å². The number of methoxy groups -OCH3 is 1. The number of nitrogens with zero attached hydrogens (tertiary/aromatic N) is 3. The maximum Gasteiger partial charge on any atom is 0.265 e. The summed E-state index contributed by atoms with van der Waals surface area (Å²) >= 11 is 0. The molecule has 0 radical (unpaired) electrons. The first-order chi connectivity index (χ1) is 13.9. The van der Waals surface area contributed by atoms with E-state index in [0.29, 0.717) is 28.8 Å². The second kappa shape index (κ2) is 9.31. The van der Waals surface area contributed by atoms with Crippen LogP contribution in [0.25, 0.3) is 0 Å². The van der Waals surface area contributed by atoms with Crippen LogP contribution in [0, 0.1) is 0 Å². The molecule has 0 bridgehead atoms. The molecule has 156 valence electrons. The first-order valence-corrected chi connectivity index (χ1v) is 10.5. The number of hydrogen-bond donors (Lipinski definition) is 1. The van der Waals surface area contributed by atoms with Crippen molar-refractivity contribution in [1.82, 2.24) is 14.6 Å². The van der Waals surface area contributed by atoms with Gasteiger partial charge in [-0.1, -0.05) is 4.41 Å². The van der Waals surface area contributed by atoms with Gasteiger partial charge in [0, 0.05) is 19.0 Å². The van der Waals surface area contributed by atoms with Gasteiger partial charge in [-0.25, -0.2) is 8.42 Å². The topological polar surface area (TPSA) is 109 Å². The Morgan fingerprint density at radius 3 is 2.52 bits per heavy atom. The fourth-order valence-corrected chi connectivity index (χ4v) is 4.31. The van der Waals surface area contributed by atoms with Crippen molar-refractivity contribution in [3.63, 3.8) is 0 Å². The summed E-state index contributed by atoms with van der Waals surface area (Å²) in [6, 6.07) is 8.91. The Hall–Kier alpha value is -2.53. The number of rotatable bonds is 8. The maximum atomic E-state index is 13.2. The first kappa shape index (κ1) is 21.2. The Labute approximate surface area is 169 Å². The third-order valence-electron chi connectivity index (χ3n) is 4.56. The molecule has 9 nitrogen and oxygen atoms in total. The number of carbonyl (C=O) groups is 1. The minimum atomic E-state index is -4.23. The van der Waals surface area contributed by atoms with Gasteiger partial charge in [-0.15, -0.1) is 5.17 Å². The Morgan fingerprint density at radius 1 is 1.24 bits per heavy atom. The van der Waals surface area contributed by atoms with Crippen LogP contribution in [0.3, 0.4) is 0 Å². The molecule has 1 fully saturated rings. The fourth-order valence-electron chi connectivity index (χ4n) is 2.97. The molecular weight excluding hydrogens is 398 g/mol. The molecule has 10 heteroatoms. The number of pyridine rings is 1. The average Bonchev–Trinajstić information content (AvgIpc) is 3.25. The monoisotopic (exact) mass is 421 g/mol. The highest BCUT2D eigenvalue weighted by atomic mass is 32.2. The molecule has 0 aliphatic carbocycles. The van der Waals surface area contributed by atoms with Crippen LogP contribution in [0.5, 0.6) is 5.75 Å². The van der Waals surface area contributed by atoms with Gasteiger partial charge >= 0.3 is 0 Å². The minimum Gasteiger partial charge on any atom is -0.497 e. The molecule has 0 saturated carbocycles. The van der Waals surface area contributed by atoms with Gasteiger partial charge in [0.2, 0.25) is 0 Å². The lowest BCUT2D eigenvalue weighted by Gasteiger charge is -2.29. The number of amides is 1. The van der Waals surface area contributed by atoms with Crippen molar-refractivity contribution in [2.75, 3.05) is 13.7 Å². The molecule has 0 unspecified atom stereocenters. The Bertz CT molecular complexity index is 915. The zero-order valence-corrected chi connectivity index (χ0v) is 16.8. The van der Waals surface area contributed by atoms with Crippen molar-refractivity contribution in [2.24, 2.45) is 0 Å². The van der Waals surface area contributed by atoms with Crippen LogP contribution in [0.2, 0.25) is 0 Å². The largest absolute Gasteiger partial charge is 0.497 e. The van der Waals surface area contributed by atoms with Gasteiger partial charge in [-0.05, 0) is 54.8 Å². The van der Waals surface area contributed by atoms with Gasteiger partial charge in [-0.3, -0.25) is 15.0 Å². The van der Waals surface area contributed by atoms with Gasteiger partial charge in [0.25, 0.3) is 15.9 Å². The zero-order chi connectivity index (χ0) is 20.9. The van der Waals surface area contributed by atoms with Crippen LogP contribution in [-0.2, 0) is 26.1 Å². The van der Waals surface area contributed by atoms with E-state index in [1.807, 2.05) is 0 Å². The number of hydrogen-bond acceptors (Lipinski definition) is 7. The van der Waals surface area contributed by atoms with Crippen LogP contribution >= 0.6 is 0 Å². The lowest BCUT2D eigenvalue weighted by atomic mass is 10.2. The lowest BCUT2D eigenvalue weighted by molar-refractivity contribution is -0.215. The van der Waals surface area contributed by atoms with Crippen LogP contribution in [0.1, 0.15) is 24.8 Å². The lowest BCUT2D eigenvalue weighted by Crippen LogP contribution is -2.48. The highest BCUT2D eigenvalue weighted by molar-refractivity contribution is 7.89. The van der Waals surface area contributed by atoms with Crippen molar-refractivity contribution >= 4 is 15.9 Å². The van der Waals surface area contributed by atoms with Gasteiger partial charge in [0.15, 0.2) is 0 Å². The van der Waals surface area contributed by atoms with E-state index in [-0.39, 0.29) is 29.1 Å². The number of benzene rings is 1. The molecule has 1 aliphatic rings. The summed E-state index contributed by atoms with van der Waals surface area (Å²) in [6.07, 6.45) is 4.08. The van der Waals surface area contributed by atoms with E-state index in [1.54, 1.807) is 12.1 Å². The van der Waals surface area contributed by atoms with E-state index in [9.17, 15) is 18.4 Å². The van der Waals surface area contributed by atoms with E-state index in [0.717, 1.165) is 6.42 Å². The molecule has 1 N–H and O–H groups in total.